The number of methoxy groups -OCH3 is 1. The van der Waals surface area contributed by atoms with Gasteiger partial charge in [0.1, 0.15) is 11.4 Å². The predicted molar refractivity (Wildman–Crippen MR) is 136 cm³/mol. The third-order valence-electron chi connectivity index (χ3n) is 5.82. The van der Waals surface area contributed by atoms with Crippen molar-refractivity contribution in [3.63, 3.8) is 0 Å². The molecule has 1 saturated heterocycles. The highest BCUT2D eigenvalue weighted by Crippen LogP contribution is 2.37. The number of H-pyrrole nitrogens is 1. The number of nitrogens with zero attached hydrogens (tertiary/aromatic N) is 4. The van der Waals surface area contributed by atoms with Crippen LogP contribution in [0.1, 0.15) is 28.8 Å². The number of carboxylic acid groups (broad SMARTS) is 1. The molecular weight excluding hydrogens is 470 g/mol. The number of nitrogen functional groups attached to an aromatic ring is 1. The van der Waals surface area contributed by atoms with Crippen molar-refractivity contribution in [1.82, 2.24) is 19.7 Å². The molecule has 11 heteroatoms. The number of aromatic amines is 1. The van der Waals surface area contributed by atoms with Crippen molar-refractivity contribution >= 4 is 40.0 Å². The third-order valence-corrected chi connectivity index (χ3v) is 6.09. The van der Waals surface area contributed by atoms with Crippen LogP contribution in [-0.4, -0.2) is 57.1 Å². The lowest BCUT2D eigenvalue weighted by Gasteiger charge is -2.33. The summed E-state index contributed by atoms with van der Waals surface area (Å²) < 4.78 is 6.64. The quantitative estimate of drug-likeness (QED) is 0.328. The lowest BCUT2D eigenvalue weighted by Crippen LogP contribution is -2.43. The summed E-state index contributed by atoms with van der Waals surface area (Å²) in [6, 6.07) is 7.74. The number of piperidine rings is 1. The van der Waals surface area contributed by atoms with Crippen LogP contribution in [0.25, 0.3) is 11.0 Å². The fourth-order valence-corrected chi connectivity index (χ4v) is 4.34. The van der Waals surface area contributed by atoms with Gasteiger partial charge in [0.15, 0.2) is 0 Å². The van der Waals surface area contributed by atoms with Gasteiger partial charge in [-0.05, 0) is 30.5 Å². The molecule has 1 aromatic carbocycles. The molecule has 0 bridgehead atoms. The van der Waals surface area contributed by atoms with Gasteiger partial charge < -0.3 is 31.2 Å². The summed E-state index contributed by atoms with van der Waals surface area (Å²) >= 11 is 6.30. The van der Waals surface area contributed by atoms with Crippen molar-refractivity contribution in [2.24, 2.45) is 5.73 Å². The molecule has 1 aliphatic rings. The number of halogens is 1. The maximum Gasteiger partial charge on any atom is 0.338 e. The minimum Gasteiger partial charge on any atom is -0.497 e. The Hall–Kier alpha value is -3.76. The first kappa shape index (κ1) is 24.4. The van der Waals surface area contributed by atoms with Gasteiger partial charge in [-0.15, -0.1) is 0 Å². The Morgan fingerprint density at radius 3 is 2.74 bits per heavy atom. The van der Waals surface area contributed by atoms with Gasteiger partial charge in [-0.2, -0.15) is 5.10 Å². The van der Waals surface area contributed by atoms with E-state index < -0.39 is 5.97 Å². The highest BCUT2D eigenvalue weighted by molar-refractivity contribution is 6.35. The van der Waals surface area contributed by atoms with Gasteiger partial charge >= 0.3 is 5.97 Å². The van der Waals surface area contributed by atoms with Crippen LogP contribution < -0.4 is 21.1 Å². The molecule has 1 aliphatic heterocycles. The number of fused-ring (bicyclic) bond motifs is 1. The van der Waals surface area contributed by atoms with Crippen molar-refractivity contribution < 1.29 is 14.6 Å². The average molecular weight is 498 g/mol. The van der Waals surface area contributed by atoms with Crippen LogP contribution in [0, 0.1) is 0 Å². The van der Waals surface area contributed by atoms with Gasteiger partial charge in [-0.3, -0.25) is 4.68 Å². The minimum absolute atomic E-state index is 0.193. The van der Waals surface area contributed by atoms with E-state index in [0.29, 0.717) is 17.3 Å². The van der Waals surface area contributed by atoms with Crippen LogP contribution in [0.5, 0.6) is 5.75 Å². The SMILES string of the molecule is COc1ccc(Cn2cc(C(=O)O)cn2)cc1.Nc1c[nH]c2ncc(Cl)c(N3CCC[C@@H](N)C3)c12. The number of anilines is 2. The highest BCUT2D eigenvalue weighted by Gasteiger charge is 2.22. The number of nitrogens with one attached hydrogen (secondary N) is 1. The molecule has 1 atom stereocenters. The normalized spacial score (nSPS) is 15.5. The smallest absolute Gasteiger partial charge is 0.338 e. The number of aromatic carboxylic acids is 1. The highest BCUT2D eigenvalue weighted by atomic mass is 35.5. The van der Waals surface area contributed by atoms with Crippen LogP contribution in [-0.2, 0) is 6.54 Å². The van der Waals surface area contributed by atoms with Gasteiger partial charge in [0.05, 0.1) is 53.4 Å². The Kier molecular flexibility index (Phi) is 7.42. The molecule has 10 nitrogen and oxygen atoms in total. The second-order valence-electron chi connectivity index (χ2n) is 8.35. The number of nitrogens with two attached hydrogens (primary N) is 2. The van der Waals surface area contributed by atoms with E-state index in [1.807, 2.05) is 24.3 Å². The van der Waals surface area contributed by atoms with E-state index in [4.69, 9.17) is 32.9 Å². The first-order chi connectivity index (χ1) is 16.9. The number of carbonyl (C=O) groups is 1. The molecule has 4 aromatic rings. The summed E-state index contributed by atoms with van der Waals surface area (Å²) in [7, 11) is 1.61. The summed E-state index contributed by atoms with van der Waals surface area (Å²) in [6.45, 7) is 2.30. The van der Waals surface area contributed by atoms with Crippen molar-refractivity contribution in [2.75, 3.05) is 30.8 Å². The van der Waals surface area contributed by atoms with Gasteiger partial charge in [0, 0.05) is 31.5 Å². The standard InChI is InChI=1S/C12H16ClN5.C12H12N2O3/c13-8-4-16-12-10(9(15)5-17-12)11(8)18-3-1-2-7(14)6-18;1-17-11-4-2-9(3-5-11)7-14-8-10(6-13-14)12(15)16/h4-5,7H,1-3,6,14-15H2,(H,16,17);2-6,8H,7H2,1H3,(H,15,16)/t7-;/m1./s1. The van der Waals surface area contributed by atoms with Gasteiger partial charge in [-0.25, -0.2) is 9.78 Å². The molecule has 1 fully saturated rings. The number of carboxylic acids is 1. The van der Waals surface area contributed by atoms with E-state index in [1.165, 1.54) is 12.4 Å². The van der Waals surface area contributed by atoms with Crippen molar-refractivity contribution in [3.05, 3.63) is 65.2 Å². The van der Waals surface area contributed by atoms with Crippen LogP contribution in [0.15, 0.2) is 49.1 Å². The molecule has 0 saturated carbocycles. The molecule has 0 unspecified atom stereocenters. The summed E-state index contributed by atoms with van der Waals surface area (Å²) in [5.74, 6) is -0.175. The fourth-order valence-electron chi connectivity index (χ4n) is 4.08. The Bertz CT molecular complexity index is 1300. The maximum atomic E-state index is 10.7. The molecule has 0 amide bonds. The monoisotopic (exact) mass is 497 g/mol. The molecule has 5 rings (SSSR count). The lowest BCUT2D eigenvalue weighted by molar-refractivity contribution is 0.0696. The topological polar surface area (TPSA) is 148 Å². The van der Waals surface area contributed by atoms with E-state index >= 15 is 0 Å². The van der Waals surface area contributed by atoms with Gasteiger partial charge in [0.25, 0.3) is 0 Å². The zero-order valence-corrected chi connectivity index (χ0v) is 20.1. The molecular formula is C24H28ClN7O3. The zero-order chi connectivity index (χ0) is 24.9. The molecule has 0 aliphatic carbocycles. The largest absolute Gasteiger partial charge is 0.497 e. The van der Waals surface area contributed by atoms with Crippen LogP contribution in [0.3, 0.4) is 0 Å². The molecule has 184 valence electrons. The van der Waals surface area contributed by atoms with Crippen molar-refractivity contribution in [1.29, 1.82) is 0 Å². The summed E-state index contributed by atoms with van der Waals surface area (Å²) in [5.41, 5.74) is 15.7. The van der Waals surface area contributed by atoms with Crippen LogP contribution >= 0.6 is 11.6 Å². The number of benzene rings is 1. The number of rotatable bonds is 5. The second-order valence-corrected chi connectivity index (χ2v) is 8.76. The average Bonchev–Trinajstić information content (AvgIpc) is 3.47. The van der Waals surface area contributed by atoms with Gasteiger partial charge in [-0.1, -0.05) is 23.7 Å². The van der Waals surface area contributed by atoms with Crippen LogP contribution in [0.4, 0.5) is 11.4 Å². The molecule has 4 heterocycles. The van der Waals surface area contributed by atoms with Crippen molar-refractivity contribution in [2.45, 2.75) is 25.4 Å². The number of hydrogen-bond acceptors (Lipinski definition) is 7. The third kappa shape index (κ3) is 5.67. The predicted octanol–water partition coefficient (Wildman–Crippen LogP) is 3.36. The molecule has 0 spiro atoms. The zero-order valence-electron chi connectivity index (χ0n) is 19.3. The number of aromatic nitrogens is 4. The Morgan fingerprint density at radius 2 is 2.09 bits per heavy atom. The first-order valence-corrected chi connectivity index (χ1v) is 11.5. The van der Waals surface area contributed by atoms with Gasteiger partial charge in [0.2, 0.25) is 0 Å². The second kappa shape index (κ2) is 10.7. The first-order valence-electron chi connectivity index (χ1n) is 11.2. The minimum atomic E-state index is -0.967. The Morgan fingerprint density at radius 1 is 1.31 bits per heavy atom. The number of hydrogen-bond donors (Lipinski definition) is 4. The molecule has 3 aromatic heterocycles. The number of pyridine rings is 1. The van der Waals surface area contributed by atoms with E-state index in [-0.39, 0.29) is 11.6 Å². The maximum absolute atomic E-state index is 10.7. The summed E-state index contributed by atoms with van der Waals surface area (Å²) in [4.78, 5) is 20.2. The summed E-state index contributed by atoms with van der Waals surface area (Å²) in [5, 5.41) is 14.3. The Labute approximate surface area is 207 Å². The fraction of sp³-hybridized carbons (Fsp3) is 0.292. The molecule has 0 radical (unpaired) electrons. The van der Waals surface area contributed by atoms with Crippen LogP contribution in [0.2, 0.25) is 5.02 Å². The molecule has 35 heavy (non-hydrogen) atoms. The van der Waals surface area contributed by atoms with E-state index in [2.05, 4.69) is 20.0 Å². The van der Waals surface area contributed by atoms with E-state index in [0.717, 1.165) is 54.0 Å². The number of ether oxygens (including phenoxy) is 1. The Balaban J connectivity index is 0.000000165. The van der Waals surface area contributed by atoms with E-state index in [9.17, 15) is 4.79 Å². The van der Waals surface area contributed by atoms with Crippen molar-refractivity contribution in [3.8, 4) is 5.75 Å². The molecule has 6 N–H and O–H groups in total. The lowest BCUT2D eigenvalue weighted by atomic mass is 10.1. The van der Waals surface area contributed by atoms with E-state index in [1.54, 1.807) is 24.2 Å². The summed E-state index contributed by atoms with van der Waals surface area (Å²) in [6.07, 6.45) is 8.39.